The summed E-state index contributed by atoms with van der Waals surface area (Å²) in [7, 11) is 0. The number of nitrogens with zero attached hydrogens (tertiary/aromatic N) is 1. The van der Waals surface area contributed by atoms with E-state index in [-0.39, 0.29) is 18.9 Å². The highest BCUT2D eigenvalue weighted by Gasteiger charge is 2.37. The number of rotatable bonds is 9. The summed E-state index contributed by atoms with van der Waals surface area (Å²) < 4.78 is 10.9. The van der Waals surface area contributed by atoms with Crippen LogP contribution in [0.4, 0.5) is 0 Å². The van der Waals surface area contributed by atoms with Crippen molar-refractivity contribution in [2.24, 2.45) is 0 Å². The van der Waals surface area contributed by atoms with E-state index in [1.165, 1.54) is 0 Å². The fraction of sp³-hybridized carbons (Fsp3) is 0.280. The molecule has 0 bridgehead atoms. The Morgan fingerprint density at radius 3 is 2.50 bits per heavy atom. The molecule has 2 aromatic carbocycles. The summed E-state index contributed by atoms with van der Waals surface area (Å²) >= 11 is 0. The Bertz CT molecular complexity index is 1130. The first-order chi connectivity index (χ1) is 16.5. The van der Waals surface area contributed by atoms with Crippen molar-refractivity contribution < 1.29 is 23.9 Å². The average Bonchev–Trinajstić information content (AvgIpc) is 3.45. The number of aromatic amines is 1. The highest BCUT2D eigenvalue weighted by molar-refractivity contribution is 5.95. The third kappa shape index (κ3) is 6.08. The fourth-order valence-electron chi connectivity index (χ4n) is 3.58. The second kappa shape index (κ2) is 10.8. The first-order valence-electron chi connectivity index (χ1n) is 11.0. The van der Waals surface area contributed by atoms with E-state index in [9.17, 15) is 14.4 Å². The van der Waals surface area contributed by atoms with Crippen LogP contribution < -0.4 is 10.6 Å². The lowest BCUT2D eigenvalue weighted by molar-refractivity contribution is -0.168. The number of imidazole rings is 1. The van der Waals surface area contributed by atoms with E-state index in [1.807, 2.05) is 60.7 Å². The van der Waals surface area contributed by atoms with E-state index in [2.05, 4.69) is 20.6 Å². The van der Waals surface area contributed by atoms with Gasteiger partial charge < -0.3 is 25.1 Å². The van der Waals surface area contributed by atoms with Crippen molar-refractivity contribution in [1.82, 2.24) is 20.6 Å². The molecule has 9 nitrogen and oxygen atoms in total. The Labute approximate surface area is 196 Å². The van der Waals surface area contributed by atoms with Crippen LogP contribution in [0.1, 0.15) is 40.8 Å². The minimum Gasteiger partial charge on any atom is -0.433 e. The van der Waals surface area contributed by atoms with Gasteiger partial charge >= 0.3 is 5.97 Å². The number of carbonyl (C=O) groups is 3. The average molecular weight is 463 g/mol. The molecule has 2 amide bonds. The van der Waals surface area contributed by atoms with Crippen LogP contribution in [0.15, 0.2) is 66.9 Å². The first-order valence-corrected chi connectivity index (χ1v) is 11.0. The molecular formula is C25H26N4O5. The molecule has 2 heterocycles. The molecule has 4 rings (SSSR count). The molecule has 3 N–H and O–H groups in total. The normalized spacial score (nSPS) is 18.2. The third-order valence-corrected chi connectivity index (χ3v) is 5.37. The van der Waals surface area contributed by atoms with Crippen molar-refractivity contribution in [2.45, 2.75) is 44.7 Å². The number of hydrogen-bond donors (Lipinski definition) is 3. The summed E-state index contributed by atoms with van der Waals surface area (Å²) in [6.45, 7) is 1.79. The molecule has 0 radical (unpaired) electrons. The van der Waals surface area contributed by atoms with Crippen LogP contribution in [0, 0.1) is 0 Å². The predicted molar refractivity (Wildman–Crippen MR) is 122 cm³/mol. The van der Waals surface area contributed by atoms with Gasteiger partial charge in [-0.15, -0.1) is 0 Å². The lowest BCUT2D eigenvalue weighted by Gasteiger charge is -2.21. The molecule has 1 aromatic heterocycles. The van der Waals surface area contributed by atoms with Crippen molar-refractivity contribution in [1.29, 1.82) is 0 Å². The van der Waals surface area contributed by atoms with E-state index in [0.29, 0.717) is 6.42 Å². The van der Waals surface area contributed by atoms with Gasteiger partial charge in [-0.2, -0.15) is 0 Å². The molecule has 3 aromatic rings. The van der Waals surface area contributed by atoms with Crippen molar-refractivity contribution >= 4 is 17.8 Å². The van der Waals surface area contributed by atoms with E-state index >= 15 is 0 Å². The molecule has 0 aliphatic carbocycles. The zero-order chi connectivity index (χ0) is 23.9. The number of cyclic esters (lactones) is 1. The summed E-state index contributed by atoms with van der Waals surface area (Å²) in [6.07, 6.45) is 1.30. The topological polar surface area (TPSA) is 122 Å². The van der Waals surface area contributed by atoms with Gasteiger partial charge in [-0.3, -0.25) is 14.4 Å². The Morgan fingerprint density at radius 2 is 1.79 bits per heavy atom. The summed E-state index contributed by atoms with van der Waals surface area (Å²) in [6, 6.07) is 17.7. The van der Waals surface area contributed by atoms with Gasteiger partial charge in [0.15, 0.2) is 5.82 Å². The van der Waals surface area contributed by atoms with Crippen molar-refractivity contribution in [3.8, 4) is 0 Å². The number of benzene rings is 2. The van der Waals surface area contributed by atoms with Crippen LogP contribution in [-0.4, -0.2) is 46.1 Å². The first kappa shape index (κ1) is 23.2. The van der Waals surface area contributed by atoms with E-state index in [4.69, 9.17) is 9.47 Å². The summed E-state index contributed by atoms with van der Waals surface area (Å²) in [5.74, 6) is -1.30. The molecule has 0 unspecified atom stereocenters. The molecule has 1 saturated heterocycles. The van der Waals surface area contributed by atoms with Crippen LogP contribution >= 0.6 is 0 Å². The molecule has 1 aliphatic rings. The Morgan fingerprint density at radius 1 is 1.12 bits per heavy atom. The maximum atomic E-state index is 12.7. The van der Waals surface area contributed by atoms with Crippen LogP contribution in [0.5, 0.6) is 0 Å². The Balaban J connectivity index is 1.28. The number of hydrogen-bond acceptors (Lipinski definition) is 6. The van der Waals surface area contributed by atoms with Crippen molar-refractivity contribution in [3.63, 3.8) is 0 Å². The van der Waals surface area contributed by atoms with Gasteiger partial charge in [0.1, 0.15) is 12.1 Å². The highest BCUT2D eigenvalue weighted by atomic mass is 16.7. The zero-order valence-corrected chi connectivity index (χ0v) is 18.7. The number of esters is 1. The molecule has 1 fully saturated rings. The Kier molecular flexibility index (Phi) is 7.34. The maximum absolute atomic E-state index is 12.7. The monoisotopic (exact) mass is 462 g/mol. The summed E-state index contributed by atoms with van der Waals surface area (Å²) in [5, 5.41) is 5.35. The van der Waals surface area contributed by atoms with Gasteiger partial charge in [-0.05, 0) is 18.1 Å². The number of ether oxygens (including phenoxy) is 2. The third-order valence-electron chi connectivity index (χ3n) is 5.37. The molecular weight excluding hydrogens is 436 g/mol. The minimum absolute atomic E-state index is 0.00705. The number of H-pyrrole nitrogens is 1. The standard InChI is InChI=1S/C25H26N4O5/c1-16(27-24(32)22-26-14-19(28-22)12-17-8-4-2-5-9-17)23(31)29-20-13-21(30)34-25(20)33-15-18-10-6-3-7-11-18/h2-11,14,16,20,25H,12-13,15H2,1H3,(H,26,28)(H,27,32)(H,29,31)/t16-,20+,25+/m1/s1. The van der Waals surface area contributed by atoms with Crippen molar-refractivity contribution in [2.75, 3.05) is 0 Å². The van der Waals surface area contributed by atoms with Crippen LogP contribution in [0.3, 0.4) is 0 Å². The van der Waals surface area contributed by atoms with E-state index in [0.717, 1.165) is 16.8 Å². The second-order valence-electron chi connectivity index (χ2n) is 8.09. The highest BCUT2D eigenvalue weighted by Crippen LogP contribution is 2.18. The Hall–Kier alpha value is -3.98. The van der Waals surface area contributed by atoms with Crippen molar-refractivity contribution in [3.05, 3.63) is 89.5 Å². The number of aromatic nitrogens is 2. The van der Waals surface area contributed by atoms with Crippen LogP contribution in [0.2, 0.25) is 0 Å². The number of amides is 2. The quantitative estimate of drug-likeness (QED) is 0.419. The van der Waals surface area contributed by atoms with Crippen LogP contribution in [0.25, 0.3) is 0 Å². The van der Waals surface area contributed by atoms with Gasteiger partial charge in [-0.25, -0.2) is 4.98 Å². The number of nitrogens with one attached hydrogen (secondary N) is 3. The van der Waals surface area contributed by atoms with E-state index < -0.39 is 36.2 Å². The molecule has 0 spiro atoms. The van der Waals surface area contributed by atoms with E-state index in [1.54, 1.807) is 13.1 Å². The van der Waals surface area contributed by atoms with Crippen LogP contribution in [-0.2, 0) is 32.1 Å². The molecule has 176 valence electrons. The van der Waals surface area contributed by atoms with Gasteiger partial charge in [0.05, 0.1) is 13.0 Å². The number of carbonyl (C=O) groups excluding carboxylic acids is 3. The van der Waals surface area contributed by atoms with Gasteiger partial charge in [-0.1, -0.05) is 60.7 Å². The molecule has 0 saturated carbocycles. The minimum atomic E-state index is -0.898. The molecule has 3 atom stereocenters. The maximum Gasteiger partial charge on any atom is 0.310 e. The SMILES string of the molecule is C[C@@H](NC(=O)c1ncc(Cc2ccccc2)[nH]1)C(=O)N[C@H]1CC(=O)O[C@@H]1OCc1ccccc1. The zero-order valence-electron chi connectivity index (χ0n) is 18.7. The smallest absolute Gasteiger partial charge is 0.310 e. The fourth-order valence-corrected chi connectivity index (χ4v) is 3.58. The second-order valence-corrected chi connectivity index (χ2v) is 8.09. The molecule has 34 heavy (non-hydrogen) atoms. The van der Waals surface area contributed by atoms with Gasteiger partial charge in [0, 0.05) is 18.3 Å². The lowest BCUT2D eigenvalue weighted by atomic mass is 10.1. The van der Waals surface area contributed by atoms with Gasteiger partial charge in [0.25, 0.3) is 5.91 Å². The lowest BCUT2D eigenvalue weighted by Crippen LogP contribution is -2.50. The summed E-state index contributed by atoms with van der Waals surface area (Å²) in [5.41, 5.74) is 2.79. The summed E-state index contributed by atoms with van der Waals surface area (Å²) in [4.78, 5) is 44.1. The largest absolute Gasteiger partial charge is 0.433 e. The predicted octanol–water partition coefficient (Wildman–Crippen LogP) is 2.09. The molecule has 1 aliphatic heterocycles. The molecule has 9 heteroatoms. The van der Waals surface area contributed by atoms with Gasteiger partial charge in [0.2, 0.25) is 12.2 Å².